The molecule has 2 aliphatic heterocycles. The Kier molecular flexibility index (Phi) is 4.96. The zero-order valence-corrected chi connectivity index (χ0v) is 15.9. The van der Waals surface area contributed by atoms with Gasteiger partial charge in [0.25, 0.3) is 0 Å². The fourth-order valence-corrected chi connectivity index (χ4v) is 4.47. The highest BCUT2D eigenvalue weighted by atomic mass is 16.4. The quantitative estimate of drug-likeness (QED) is 0.811. The van der Waals surface area contributed by atoms with E-state index in [1.54, 1.807) is 11.0 Å². The molecule has 0 unspecified atom stereocenters. The molecule has 1 aromatic carbocycles. The molecule has 0 radical (unpaired) electrons. The lowest BCUT2D eigenvalue weighted by molar-refractivity contribution is -0.148. The molecule has 148 valence electrons. The molecule has 2 heterocycles. The topological polar surface area (TPSA) is 77.9 Å². The summed E-state index contributed by atoms with van der Waals surface area (Å²) in [7, 11) is 0. The van der Waals surface area contributed by atoms with Gasteiger partial charge < -0.3 is 14.9 Å². The van der Waals surface area contributed by atoms with E-state index >= 15 is 0 Å². The summed E-state index contributed by atoms with van der Waals surface area (Å²) in [5.41, 5.74) is 0.812. The van der Waals surface area contributed by atoms with Crippen LogP contribution in [0.25, 0.3) is 6.08 Å². The number of hydrogen-bond acceptors (Lipinski definition) is 3. The van der Waals surface area contributed by atoms with Gasteiger partial charge in [-0.15, -0.1) is 0 Å². The Morgan fingerprint density at radius 3 is 2.36 bits per heavy atom. The summed E-state index contributed by atoms with van der Waals surface area (Å²) >= 11 is 0. The van der Waals surface area contributed by atoms with Gasteiger partial charge in [-0.1, -0.05) is 30.3 Å². The Labute approximate surface area is 164 Å². The lowest BCUT2D eigenvalue weighted by Crippen LogP contribution is -2.44. The first-order valence-corrected chi connectivity index (χ1v) is 10.0. The summed E-state index contributed by atoms with van der Waals surface area (Å²) in [5, 5.41) is 9.60. The van der Waals surface area contributed by atoms with Crippen LogP contribution in [0.15, 0.2) is 36.4 Å². The molecule has 1 saturated carbocycles. The first kappa shape index (κ1) is 18.7. The molecule has 3 aliphatic rings. The third-order valence-corrected chi connectivity index (χ3v) is 6.36. The van der Waals surface area contributed by atoms with Crippen molar-refractivity contribution < 1.29 is 19.5 Å². The van der Waals surface area contributed by atoms with Gasteiger partial charge in [-0.05, 0) is 49.2 Å². The number of carboxylic acid groups (broad SMARTS) is 1. The molecule has 6 nitrogen and oxygen atoms in total. The lowest BCUT2D eigenvalue weighted by atomic mass is 9.76. The van der Waals surface area contributed by atoms with Crippen LogP contribution in [0, 0.1) is 11.3 Å². The van der Waals surface area contributed by atoms with Crippen molar-refractivity contribution in [2.75, 3.05) is 19.6 Å². The number of carbonyl (C=O) groups excluding carboxylic acids is 2. The molecule has 28 heavy (non-hydrogen) atoms. The largest absolute Gasteiger partial charge is 0.480 e. The maximum Gasteiger partial charge on any atom is 0.326 e. The highest BCUT2D eigenvalue weighted by Gasteiger charge is 2.51. The van der Waals surface area contributed by atoms with E-state index in [-0.39, 0.29) is 23.1 Å². The monoisotopic (exact) mass is 382 g/mol. The van der Waals surface area contributed by atoms with Crippen molar-refractivity contribution in [2.45, 2.75) is 38.1 Å². The minimum Gasteiger partial charge on any atom is -0.480 e. The van der Waals surface area contributed by atoms with E-state index in [0.29, 0.717) is 26.1 Å². The van der Waals surface area contributed by atoms with Crippen LogP contribution in [-0.4, -0.2) is 58.4 Å². The molecule has 1 aromatic rings. The number of carboxylic acids is 1. The number of hydrogen-bond donors (Lipinski definition) is 1. The predicted molar refractivity (Wildman–Crippen MR) is 104 cm³/mol. The normalized spacial score (nSPS) is 24.1. The smallest absolute Gasteiger partial charge is 0.326 e. The molecule has 4 rings (SSSR count). The summed E-state index contributed by atoms with van der Waals surface area (Å²) in [4.78, 5) is 40.2. The zero-order chi connectivity index (χ0) is 19.7. The molecular formula is C22H26N2O4. The van der Waals surface area contributed by atoms with E-state index in [2.05, 4.69) is 0 Å². The molecule has 1 atom stereocenters. The van der Waals surface area contributed by atoms with Crippen molar-refractivity contribution in [3.63, 3.8) is 0 Å². The number of rotatable bonds is 4. The maximum atomic E-state index is 12.5. The number of likely N-dealkylation sites (tertiary alicyclic amines) is 2. The second-order valence-electron chi connectivity index (χ2n) is 8.37. The number of aliphatic carboxylic acids is 1. The average Bonchev–Trinajstić information content (AvgIpc) is 3.49. The van der Waals surface area contributed by atoms with Gasteiger partial charge in [0.05, 0.1) is 0 Å². The van der Waals surface area contributed by atoms with Gasteiger partial charge >= 0.3 is 5.97 Å². The molecule has 6 heteroatoms. The number of benzene rings is 1. The summed E-state index contributed by atoms with van der Waals surface area (Å²) in [5.74, 6) is -0.886. The van der Waals surface area contributed by atoms with Crippen LogP contribution in [0.4, 0.5) is 0 Å². The van der Waals surface area contributed by atoms with E-state index in [0.717, 1.165) is 31.2 Å². The number of amides is 2. The molecule has 0 aromatic heterocycles. The highest BCUT2D eigenvalue weighted by molar-refractivity contribution is 5.92. The number of carbonyl (C=O) groups is 3. The lowest BCUT2D eigenvalue weighted by Gasteiger charge is -2.38. The van der Waals surface area contributed by atoms with E-state index in [1.165, 1.54) is 0 Å². The van der Waals surface area contributed by atoms with Crippen LogP contribution < -0.4 is 0 Å². The van der Waals surface area contributed by atoms with Crippen LogP contribution in [0.3, 0.4) is 0 Å². The second-order valence-corrected chi connectivity index (χ2v) is 8.37. The molecule has 1 N–H and O–H groups in total. The standard InChI is InChI=1S/C22H26N2O4/c25-19(9-6-16-4-2-1-3-5-16)23-12-10-22(11-13-23)14-18(21(27)28)24(15-22)20(26)17-7-8-17/h1-6,9,17-18H,7-8,10-15H2,(H,27,28)/b9-6+/t18-/m1/s1. The van der Waals surface area contributed by atoms with Crippen LogP contribution in [0.1, 0.15) is 37.7 Å². The van der Waals surface area contributed by atoms with Gasteiger partial charge in [-0.2, -0.15) is 0 Å². The molecule has 2 saturated heterocycles. The average molecular weight is 382 g/mol. The van der Waals surface area contributed by atoms with Crippen LogP contribution in [0.2, 0.25) is 0 Å². The Balaban J connectivity index is 1.37. The minimum absolute atomic E-state index is 0.00794. The third-order valence-electron chi connectivity index (χ3n) is 6.36. The Bertz CT molecular complexity index is 792. The first-order chi connectivity index (χ1) is 13.5. The van der Waals surface area contributed by atoms with Crippen molar-refractivity contribution >= 4 is 23.9 Å². The number of piperidine rings is 1. The van der Waals surface area contributed by atoms with Crippen LogP contribution in [-0.2, 0) is 14.4 Å². The molecule has 2 amide bonds. The van der Waals surface area contributed by atoms with Crippen molar-refractivity contribution in [3.8, 4) is 0 Å². The van der Waals surface area contributed by atoms with E-state index in [1.807, 2.05) is 41.3 Å². The fourth-order valence-electron chi connectivity index (χ4n) is 4.47. The van der Waals surface area contributed by atoms with E-state index in [9.17, 15) is 19.5 Å². The van der Waals surface area contributed by atoms with Crippen molar-refractivity contribution in [1.82, 2.24) is 9.80 Å². The van der Waals surface area contributed by atoms with Gasteiger partial charge in [-0.25, -0.2) is 4.79 Å². The highest BCUT2D eigenvalue weighted by Crippen LogP contribution is 2.45. The molecule has 0 bridgehead atoms. The summed E-state index contributed by atoms with van der Waals surface area (Å²) < 4.78 is 0. The number of nitrogens with zero attached hydrogens (tertiary/aromatic N) is 2. The van der Waals surface area contributed by atoms with Gasteiger partial charge in [0.15, 0.2) is 0 Å². The van der Waals surface area contributed by atoms with Crippen molar-refractivity contribution in [1.29, 1.82) is 0 Å². The molecule has 3 fully saturated rings. The van der Waals surface area contributed by atoms with E-state index < -0.39 is 12.0 Å². The maximum absolute atomic E-state index is 12.5. The van der Waals surface area contributed by atoms with Crippen molar-refractivity contribution in [2.24, 2.45) is 11.3 Å². The Morgan fingerprint density at radius 2 is 1.75 bits per heavy atom. The van der Waals surface area contributed by atoms with Gasteiger partial charge in [-0.3, -0.25) is 9.59 Å². The summed E-state index contributed by atoms with van der Waals surface area (Å²) in [6, 6.07) is 8.99. The third kappa shape index (κ3) is 3.81. The summed E-state index contributed by atoms with van der Waals surface area (Å²) in [6.07, 6.45) is 7.17. The van der Waals surface area contributed by atoms with Gasteiger partial charge in [0.1, 0.15) is 6.04 Å². The Hall–Kier alpha value is -2.63. The van der Waals surface area contributed by atoms with Crippen LogP contribution >= 0.6 is 0 Å². The second kappa shape index (κ2) is 7.41. The summed E-state index contributed by atoms with van der Waals surface area (Å²) in [6.45, 7) is 1.73. The van der Waals surface area contributed by atoms with Crippen molar-refractivity contribution in [3.05, 3.63) is 42.0 Å². The molecular weight excluding hydrogens is 356 g/mol. The Morgan fingerprint density at radius 1 is 1.07 bits per heavy atom. The molecule has 1 aliphatic carbocycles. The zero-order valence-electron chi connectivity index (χ0n) is 15.9. The van der Waals surface area contributed by atoms with Crippen LogP contribution in [0.5, 0.6) is 0 Å². The molecule has 1 spiro atoms. The SMILES string of the molecule is O=C(O)[C@H]1CC2(CCN(C(=O)/C=C/c3ccccc3)CC2)CN1C(=O)C1CC1. The van der Waals surface area contributed by atoms with E-state index in [4.69, 9.17) is 0 Å². The van der Waals surface area contributed by atoms with Gasteiger partial charge in [0, 0.05) is 31.6 Å². The fraction of sp³-hybridized carbons (Fsp3) is 0.500. The predicted octanol–water partition coefficient (Wildman–Crippen LogP) is 2.40. The first-order valence-electron chi connectivity index (χ1n) is 10.0. The minimum atomic E-state index is -0.907. The van der Waals surface area contributed by atoms with Gasteiger partial charge in [0.2, 0.25) is 11.8 Å².